The average Bonchev–Trinajstić information content (AvgIpc) is 3.07. The van der Waals surface area contributed by atoms with Crippen molar-refractivity contribution < 1.29 is 0 Å². The first-order valence-corrected chi connectivity index (χ1v) is 14.2. The summed E-state index contributed by atoms with van der Waals surface area (Å²) in [6, 6.07) is 45.4. The van der Waals surface area contributed by atoms with Gasteiger partial charge in [0.1, 0.15) is 0 Å². The highest BCUT2D eigenvalue weighted by atomic mass is 14.8. The summed E-state index contributed by atoms with van der Waals surface area (Å²) in [6.45, 7) is 0. The lowest BCUT2D eigenvalue weighted by molar-refractivity contribution is 1.34. The van der Waals surface area contributed by atoms with E-state index in [4.69, 9.17) is 9.97 Å². The molecular weight excluding hydrogens is 510 g/mol. The lowest BCUT2D eigenvalue weighted by Gasteiger charge is -2.12. The maximum atomic E-state index is 5.02. The van der Waals surface area contributed by atoms with Crippen LogP contribution < -0.4 is 0 Å². The van der Waals surface area contributed by atoms with Crippen LogP contribution >= 0.6 is 0 Å². The highest BCUT2D eigenvalue weighted by Gasteiger charge is 2.11. The minimum Gasteiger partial charge on any atom is -0.256 e. The summed E-state index contributed by atoms with van der Waals surface area (Å²) in [5, 5.41) is 11.0. The molecule has 0 saturated carbocycles. The van der Waals surface area contributed by atoms with Gasteiger partial charge in [0.05, 0.1) is 22.2 Å². The maximum absolute atomic E-state index is 5.02. The van der Waals surface area contributed by atoms with Gasteiger partial charge in [-0.25, -0.2) is 4.98 Å². The summed E-state index contributed by atoms with van der Waals surface area (Å²) < 4.78 is 0. The number of rotatable bonds is 2. The fourth-order valence-corrected chi connectivity index (χ4v) is 6.41. The third-order valence-electron chi connectivity index (χ3n) is 8.49. The molecule has 0 unspecified atom stereocenters. The second-order valence-electron chi connectivity index (χ2n) is 10.9. The van der Waals surface area contributed by atoms with Crippen molar-refractivity contribution in [2.75, 3.05) is 0 Å². The summed E-state index contributed by atoms with van der Waals surface area (Å²) in [7, 11) is 0. The second-order valence-corrected chi connectivity index (χ2v) is 10.9. The molecule has 0 N–H and O–H groups in total. The number of hydrogen-bond acceptors (Lipinski definition) is 3. The summed E-state index contributed by atoms with van der Waals surface area (Å²) in [5.41, 5.74) is 7.04. The Morgan fingerprint density at radius 2 is 1.00 bits per heavy atom. The van der Waals surface area contributed by atoms with Gasteiger partial charge in [-0.2, -0.15) is 0 Å². The van der Waals surface area contributed by atoms with Gasteiger partial charge in [0.15, 0.2) is 0 Å². The van der Waals surface area contributed by atoms with Crippen LogP contribution in [0, 0.1) is 0 Å². The normalized spacial score (nSPS) is 11.8. The summed E-state index contributed by atoms with van der Waals surface area (Å²) in [6.07, 6.45) is 3.75. The van der Waals surface area contributed by atoms with E-state index in [0.717, 1.165) is 49.5 Å². The third-order valence-corrected chi connectivity index (χ3v) is 8.49. The topological polar surface area (TPSA) is 38.7 Å². The first-order chi connectivity index (χ1) is 20.8. The van der Waals surface area contributed by atoms with E-state index >= 15 is 0 Å². The highest BCUT2D eigenvalue weighted by molar-refractivity contribution is 6.25. The number of nitrogens with zero attached hydrogens (tertiary/aromatic N) is 3. The Bertz CT molecular complexity index is 2500. The van der Waals surface area contributed by atoms with Crippen molar-refractivity contribution in [1.82, 2.24) is 15.0 Å². The Morgan fingerprint density at radius 1 is 0.381 bits per heavy atom. The van der Waals surface area contributed by atoms with Crippen LogP contribution in [0.1, 0.15) is 0 Å². The van der Waals surface area contributed by atoms with E-state index < -0.39 is 0 Å². The van der Waals surface area contributed by atoms with E-state index in [9.17, 15) is 0 Å². The molecular formula is C39H23N3. The molecule has 9 rings (SSSR count). The number of fused-ring (bicyclic) bond motifs is 10. The number of pyridine rings is 3. The van der Waals surface area contributed by atoms with E-state index in [-0.39, 0.29) is 0 Å². The quantitative estimate of drug-likeness (QED) is 0.208. The van der Waals surface area contributed by atoms with Gasteiger partial charge in [0, 0.05) is 34.1 Å². The first-order valence-electron chi connectivity index (χ1n) is 14.2. The van der Waals surface area contributed by atoms with Gasteiger partial charge in [-0.15, -0.1) is 0 Å². The van der Waals surface area contributed by atoms with Crippen LogP contribution in [0.25, 0.3) is 87.4 Å². The average molecular weight is 534 g/mol. The van der Waals surface area contributed by atoms with Crippen molar-refractivity contribution in [1.29, 1.82) is 0 Å². The van der Waals surface area contributed by atoms with Crippen LogP contribution in [-0.4, -0.2) is 15.0 Å². The van der Waals surface area contributed by atoms with E-state index in [1.807, 2.05) is 18.5 Å². The molecule has 0 aliphatic heterocycles. The lowest BCUT2D eigenvalue weighted by Crippen LogP contribution is -1.90. The molecule has 194 valence electrons. The molecule has 3 aromatic heterocycles. The number of benzene rings is 6. The van der Waals surface area contributed by atoms with Crippen molar-refractivity contribution in [2.45, 2.75) is 0 Å². The maximum Gasteiger partial charge on any atom is 0.0972 e. The molecule has 0 radical (unpaired) electrons. The van der Waals surface area contributed by atoms with Gasteiger partial charge in [0.2, 0.25) is 0 Å². The molecule has 3 heterocycles. The third kappa shape index (κ3) is 3.50. The summed E-state index contributed by atoms with van der Waals surface area (Å²) in [5.74, 6) is 0. The summed E-state index contributed by atoms with van der Waals surface area (Å²) in [4.78, 5) is 14.5. The molecule has 0 fully saturated rings. The van der Waals surface area contributed by atoms with Crippen molar-refractivity contribution in [3.05, 3.63) is 140 Å². The predicted molar refractivity (Wildman–Crippen MR) is 176 cm³/mol. The smallest absolute Gasteiger partial charge is 0.0972 e. The van der Waals surface area contributed by atoms with E-state index in [2.05, 4.69) is 126 Å². The minimum atomic E-state index is 0.896. The van der Waals surface area contributed by atoms with Crippen molar-refractivity contribution in [3.8, 4) is 22.4 Å². The first kappa shape index (κ1) is 23.1. The molecule has 6 aromatic carbocycles. The van der Waals surface area contributed by atoms with Crippen molar-refractivity contribution >= 4 is 65.0 Å². The van der Waals surface area contributed by atoms with E-state index in [1.54, 1.807) is 0 Å². The monoisotopic (exact) mass is 533 g/mol. The molecule has 42 heavy (non-hydrogen) atoms. The molecule has 0 saturated heterocycles. The van der Waals surface area contributed by atoms with Crippen LogP contribution in [-0.2, 0) is 0 Å². The molecule has 3 nitrogen and oxygen atoms in total. The van der Waals surface area contributed by atoms with Crippen LogP contribution in [0.3, 0.4) is 0 Å². The fourth-order valence-electron chi connectivity index (χ4n) is 6.41. The van der Waals surface area contributed by atoms with Gasteiger partial charge < -0.3 is 0 Å². The standard InChI is InChI=1S/C39H23N3/c1-2-9-32-30(7-1)31-8-3-4-10-33(31)35-21-26(15-17-34(32)35)27-13-14-28-20-29(23-41-37(28)22-27)36-18-16-25-12-11-24-6-5-19-40-38(24)39(25)42-36/h1-23H. The van der Waals surface area contributed by atoms with Gasteiger partial charge >= 0.3 is 0 Å². The van der Waals surface area contributed by atoms with Gasteiger partial charge in [-0.3, -0.25) is 9.97 Å². The molecule has 0 atom stereocenters. The van der Waals surface area contributed by atoms with Crippen LogP contribution in [0.4, 0.5) is 0 Å². The Balaban J connectivity index is 1.16. The zero-order valence-corrected chi connectivity index (χ0v) is 22.6. The van der Waals surface area contributed by atoms with Crippen LogP contribution in [0.5, 0.6) is 0 Å². The molecule has 0 aliphatic carbocycles. The Labute approximate surface area is 241 Å². The molecule has 9 aromatic rings. The largest absolute Gasteiger partial charge is 0.256 e. The molecule has 0 bridgehead atoms. The zero-order valence-electron chi connectivity index (χ0n) is 22.6. The SMILES string of the molecule is c1cnc2c(c1)ccc1ccc(-c3cnc4cc(-c5ccc6c7ccccc7c7ccccc7c6c5)ccc4c3)nc12. The molecule has 0 aliphatic rings. The fraction of sp³-hybridized carbons (Fsp3) is 0. The van der Waals surface area contributed by atoms with Crippen molar-refractivity contribution in [3.63, 3.8) is 0 Å². The zero-order chi connectivity index (χ0) is 27.6. The summed E-state index contributed by atoms with van der Waals surface area (Å²) >= 11 is 0. The molecule has 3 heteroatoms. The highest BCUT2D eigenvalue weighted by Crippen LogP contribution is 2.37. The van der Waals surface area contributed by atoms with Gasteiger partial charge in [-0.05, 0) is 73.8 Å². The minimum absolute atomic E-state index is 0.896. The number of aromatic nitrogens is 3. The molecule has 0 spiro atoms. The lowest BCUT2D eigenvalue weighted by atomic mass is 9.92. The van der Waals surface area contributed by atoms with E-state index in [0.29, 0.717) is 0 Å². The molecule has 0 amide bonds. The van der Waals surface area contributed by atoms with Crippen LogP contribution in [0.2, 0.25) is 0 Å². The Morgan fingerprint density at radius 3 is 1.79 bits per heavy atom. The predicted octanol–water partition coefficient (Wildman–Crippen LogP) is 10.1. The Kier molecular flexibility index (Phi) is 4.90. The van der Waals surface area contributed by atoms with Gasteiger partial charge in [-0.1, -0.05) is 97.1 Å². The number of hydrogen-bond donors (Lipinski definition) is 0. The van der Waals surface area contributed by atoms with Crippen LogP contribution in [0.15, 0.2) is 140 Å². The van der Waals surface area contributed by atoms with E-state index in [1.165, 1.54) is 37.9 Å². The Hall–Kier alpha value is -5.67. The van der Waals surface area contributed by atoms with Gasteiger partial charge in [0.25, 0.3) is 0 Å². The second kappa shape index (κ2) is 8.92. The van der Waals surface area contributed by atoms with Crippen molar-refractivity contribution in [2.24, 2.45) is 0 Å².